The summed E-state index contributed by atoms with van der Waals surface area (Å²) in [5.74, 6) is 2.04. The van der Waals surface area contributed by atoms with Gasteiger partial charge in [0, 0.05) is 16.7 Å². The first-order valence-corrected chi connectivity index (χ1v) is 9.79. The summed E-state index contributed by atoms with van der Waals surface area (Å²) in [7, 11) is 0. The average Bonchev–Trinajstić information content (AvgIpc) is 2.77. The fourth-order valence-electron chi connectivity index (χ4n) is 3.33. The molecule has 0 aliphatic heterocycles. The summed E-state index contributed by atoms with van der Waals surface area (Å²) in [5.41, 5.74) is 4.19. The summed E-state index contributed by atoms with van der Waals surface area (Å²) in [6.45, 7) is 6.10. The van der Waals surface area contributed by atoms with Gasteiger partial charge >= 0.3 is 0 Å². The fraction of sp³-hybridized carbons (Fsp3) is 0.115. The summed E-state index contributed by atoms with van der Waals surface area (Å²) < 4.78 is 0. The van der Waals surface area contributed by atoms with Gasteiger partial charge in [-0.15, -0.1) is 0 Å². The van der Waals surface area contributed by atoms with Crippen LogP contribution in [0.1, 0.15) is 25.2 Å². The molecule has 4 aromatic rings. The molecule has 1 heterocycles. The Labute approximate surface area is 171 Å². The van der Waals surface area contributed by atoms with Crippen molar-refractivity contribution in [2.45, 2.75) is 20.8 Å². The third kappa shape index (κ3) is 3.99. The predicted octanol–water partition coefficient (Wildman–Crippen LogP) is 6.65. The molecule has 0 aliphatic rings. The zero-order valence-corrected chi connectivity index (χ0v) is 16.9. The van der Waals surface area contributed by atoms with Crippen molar-refractivity contribution in [2.24, 2.45) is 0 Å². The Bertz CT molecular complexity index is 1220. The quantitative estimate of drug-likeness (QED) is 0.374. The van der Waals surface area contributed by atoms with Crippen molar-refractivity contribution in [1.82, 2.24) is 15.0 Å². The highest BCUT2D eigenvalue weighted by Crippen LogP contribution is 2.26. The summed E-state index contributed by atoms with van der Waals surface area (Å²) in [4.78, 5) is 14.4. The second-order valence-corrected chi connectivity index (χ2v) is 6.98. The van der Waals surface area contributed by atoms with Crippen LogP contribution in [0, 0.1) is 6.92 Å². The lowest BCUT2D eigenvalue weighted by Crippen LogP contribution is -2.02. The maximum Gasteiger partial charge on any atom is 0.164 e. The molecule has 0 amide bonds. The number of aromatic nitrogens is 3. The molecule has 3 nitrogen and oxygen atoms in total. The van der Waals surface area contributed by atoms with Gasteiger partial charge in [-0.2, -0.15) is 0 Å². The molecular weight excluding hydrogens is 354 g/mol. The van der Waals surface area contributed by atoms with Gasteiger partial charge in [-0.1, -0.05) is 84.5 Å². The van der Waals surface area contributed by atoms with Gasteiger partial charge in [0.1, 0.15) is 0 Å². The minimum atomic E-state index is 0.679. The molecule has 0 saturated carbocycles. The third-order valence-corrected chi connectivity index (χ3v) is 4.84. The van der Waals surface area contributed by atoms with Gasteiger partial charge < -0.3 is 0 Å². The molecule has 1 aromatic heterocycles. The van der Waals surface area contributed by atoms with E-state index in [9.17, 15) is 0 Å². The number of aryl methyl sites for hydroxylation is 1. The number of hydrogen-bond donors (Lipinski definition) is 0. The Morgan fingerprint density at radius 1 is 0.724 bits per heavy atom. The van der Waals surface area contributed by atoms with Crippen LogP contribution in [0.3, 0.4) is 0 Å². The Morgan fingerprint density at radius 3 is 2.14 bits per heavy atom. The minimum absolute atomic E-state index is 0.679. The molecule has 0 unspecified atom stereocenters. The van der Waals surface area contributed by atoms with Crippen molar-refractivity contribution in [3.63, 3.8) is 0 Å². The Morgan fingerprint density at radius 2 is 1.41 bits per heavy atom. The van der Waals surface area contributed by atoms with Gasteiger partial charge in [0.15, 0.2) is 17.5 Å². The molecule has 142 valence electrons. The Balaban J connectivity index is 1.91. The lowest BCUT2D eigenvalue weighted by atomic mass is 10.0. The van der Waals surface area contributed by atoms with Crippen LogP contribution >= 0.6 is 0 Å². The van der Waals surface area contributed by atoms with Crippen LogP contribution in [0.2, 0.25) is 0 Å². The van der Waals surface area contributed by atoms with E-state index in [1.54, 1.807) is 0 Å². The van der Waals surface area contributed by atoms with Gasteiger partial charge in [0.05, 0.1) is 0 Å². The second kappa shape index (κ2) is 8.19. The van der Waals surface area contributed by atoms with E-state index in [-0.39, 0.29) is 0 Å². The van der Waals surface area contributed by atoms with Gasteiger partial charge in [-0.05, 0) is 37.6 Å². The van der Waals surface area contributed by atoms with Crippen LogP contribution < -0.4 is 0 Å². The molecule has 0 aliphatic carbocycles. The number of benzene rings is 3. The van der Waals surface area contributed by atoms with E-state index in [0.29, 0.717) is 17.5 Å². The highest BCUT2D eigenvalue weighted by molar-refractivity contribution is 5.87. The van der Waals surface area contributed by atoms with E-state index >= 15 is 0 Å². The molecule has 29 heavy (non-hydrogen) atoms. The highest BCUT2D eigenvalue weighted by atomic mass is 15.0. The topological polar surface area (TPSA) is 38.7 Å². The summed E-state index contributed by atoms with van der Waals surface area (Å²) in [5, 5.41) is 2.39. The first-order chi connectivity index (χ1) is 14.2. The minimum Gasteiger partial charge on any atom is -0.208 e. The van der Waals surface area contributed by atoms with Crippen molar-refractivity contribution >= 4 is 16.3 Å². The SMILES string of the molecule is C/C=C\C(=C/C)c1nc(-c2ccccc2)nc(-c2ccc3cc(C)ccc3c2)n1. The predicted molar refractivity (Wildman–Crippen MR) is 121 cm³/mol. The van der Waals surface area contributed by atoms with Crippen LogP contribution in [0.25, 0.3) is 39.1 Å². The van der Waals surface area contributed by atoms with Crippen molar-refractivity contribution in [3.8, 4) is 22.8 Å². The van der Waals surface area contributed by atoms with Gasteiger partial charge in [-0.3, -0.25) is 0 Å². The lowest BCUT2D eigenvalue weighted by Gasteiger charge is -2.09. The van der Waals surface area contributed by atoms with E-state index in [2.05, 4.69) is 43.3 Å². The monoisotopic (exact) mass is 377 g/mol. The van der Waals surface area contributed by atoms with E-state index in [1.807, 2.05) is 62.4 Å². The first-order valence-electron chi connectivity index (χ1n) is 9.79. The molecule has 0 N–H and O–H groups in total. The van der Waals surface area contributed by atoms with Crippen molar-refractivity contribution in [3.05, 3.63) is 96.3 Å². The zero-order valence-electron chi connectivity index (χ0n) is 16.9. The number of hydrogen-bond acceptors (Lipinski definition) is 3. The normalized spacial score (nSPS) is 12.0. The van der Waals surface area contributed by atoms with Gasteiger partial charge in [0.2, 0.25) is 0 Å². The molecule has 4 rings (SSSR count). The van der Waals surface area contributed by atoms with Crippen molar-refractivity contribution in [2.75, 3.05) is 0 Å². The summed E-state index contributed by atoms with van der Waals surface area (Å²) in [6.07, 6.45) is 6.05. The first kappa shape index (κ1) is 18.8. The number of fused-ring (bicyclic) bond motifs is 1. The molecule has 0 atom stereocenters. The third-order valence-electron chi connectivity index (χ3n) is 4.84. The Hall–Kier alpha value is -3.59. The maximum atomic E-state index is 4.80. The molecule has 0 radical (unpaired) electrons. The molecule has 0 fully saturated rings. The van der Waals surface area contributed by atoms with Crippen LogP contribution in [-0.2, 0) is 0 Å². The molecular formula is C26H23N3. The van der Waals surface area contributed by atoms with E-state index in [0.717, 1.165) is 16.7 Å². The van der Waals surface area contributed by atoms with Crippen LogP contribution in [-0.4, -0.2) is 15.0 Å². The van der Waals surface area contributed by atoms with Gasteiger partial charge in [0.25, 0.3) is 0 Å². The second-order valence-electron chi connectivity index (χ2n) is 6.98. The van der Waals surface area contributed by atoms with Crippen LogP contribution in [0.15, 0.2) is 85.0 Å². The Kier molecular flexibility index (Phi) is 5.30. The van der Waals surface area contributed by atoms with Crippen molar-refractivity contribution in [1.29, 1.82) is 0 Å². The van der Waals surface area contributed by atoms with Crippen LogP contribution in [0.5, 0.6) is 0 Å². The average molecular weight is 377 g/mol. The summed E-state index contributed by atoms with van der Waals surface area (Å²) in [6, 6.07) is 22.9. The number of rotatable bonds is 4. The highest BCUT2D eigenvalue weighted by Gasteiger charge is 2.12. The lowest BCUT2D eigenvalue weighted by molar-refractivity contribution is 1.04. The van der Waals surface area contributed by atoms with E-state index in [1.165, 1.54) is 16.3 Å². The molecule has 0 saturated heterocycles. The zero-order chi connectivity index (χ0) is 20.2. The summed E-state index contributed by atoms with van der Waals surface area (Å²) >= 11 is 0. The maximum absolute atomic E-state index is 4.80. The van der Waals surface area contributed by atoms with E-state index in [4.69, 9.17) is 15.0 Å². The molecule has 3 heteroatoms. The fourth-order valence-corrected chi connectivity index (χ4v) is 3.33. The standard InChI is InChI=1S/C26H23N3/c1-4-9-19(5-2)24-27-25(20-10-7-6-8-11-20)29-26(28-24)23-15-14-21-16-18(3)12-13-22(21)17-23/h4-17H,1-3H3/b9-4-,19-5+. The molecule has 3 aromatic carbocycles. The van der Waals surface area contributed by atoms with Crippen LogP contribution in [0.4, 0.5) is 0 Å². The molecule has 0 spiro atoms. The van der Waals surface area contributed by atoms with E-state index < -0.39 is 0 Å². The molecule has 0 bridgehead atoms. The smallest absolute Gasteiger partial charge is 0.164 e. The van der Waals surface area contributed by atoms with Crippen molar-refractivity contribution < 1.29 is 0 Å². The number of allylic oxidation sites excluding steroid dienone is 4. The number of nitrogens with zero attached hydrogens (tertiary/aromatic N) is 3. The van der Waals surface area contributed by atoms with Gasteiger partial charge in [-0.25, -0.2) is 15.0 Å². The largest absolute Gasteiger partial charge is 0.208 e.